The molecule has 0 atom stereocenters. The van der Waals surface area contributed by atoms with E-state index in [4.69, 9.17) is 0 Å². The van der Waals surface area contributed by atoms with Crippen molar-refractivity contribution in [1.29, 1.82) is 0 Å². The van der Waals surface area contributed by atoms with Crippen LogP contribution in [0.15, 0.2) is 6.08 Å². The van der Waals surface area contributed by atoms with Crippen LogP contribution in [-0.4, -0.2) is 46.9 Å². The zero-order valence-electron chi connectivity index (χ0n) is 11.8. The summed E-state index contributed by atoms with van der Waals surface area (Å²) in [4.78, 5) is 4.78. The molecule has 0 aromatic carbocycles. The van der Waals surface area contributed by atoms with E-state index in [0.717, 1.165) is 50.0 Å². The molecule has 0 spiro atoms. The predicted molar refractivity (Wildman–Crippen MR) is 80.6 cm³/mol. The van der Waals surface area contributed by atoms with Crippen molar-refractivity contribution in [1.82, 2.24) is 13.6 Å². The monoisotopic (exact) mass is 278 g/mol. The zero-order chi connectivity index (χ0) is 13.2. The fourth-order valence-electron chi connectivity index (χ4n) is 2.88. The normalized spacial score (nSPS) is 22.6. The Morgan fingerprint density at radius 1 is 1.21 bits per heavy atom. The molecule has 1 saturated heterocycles. The molecule has 0 aliphatic carbocycles. The Morgan fingerprint density at radius 3 is 2.74 bits per heavy atom. The van der Waals surface area contributed by atoms with Gasteiger partial charge in [-0.1, -0.05) is 13.0 Å². The summed E-state index contributed by atoms with van der Waals surface area (Å²) in [5, 5.41) is 0. The van der Waals surface area contributed by atoms with Crippen molar-refractivity contribution in [3.8, 4) is 0 Å². The summed E-state index contributed by atoms with van der Waals surface area (Å²) in [5.41, 5.74) is 2.49. The first kappa shape index (κ1) is 13.1. The SMILES string of the molecule is CC1CCN(c2nsnc2C2=CCCN(C)C2)CC1. The van der Waals surface area contributed by atoms with Crippen molar-refractivity contribution >= 4 is 23.1 Å². The molecule has 2 aliphatic rings. The number of piperidine rings is 1. The molecule has 5 heteroatoms. The molecular formula is C14H22N4S. The molecule has 4 nitrogen and oxygen atoms in total. The second-order valence-corrected chi connectivity index (χ2v) is 6.39. The van der Waals surface area contributed by atoms with Gasteiger partial charge in [-0.25, -0.2) is 0 Å². The van der Waals surface area contributed by atoms with Crippen LogP contribution in [0.4, 0.5) is 5.82 Å². The van der Waals surface area contributed by atoms with Crippen LogP contribution in [0, 0.1) is 5.92 Å². The van der Waals surface area contributed by atoms with Crippen LogP contribution in [0.1, 0.15) is 31.9 Å². The second kappa shape index (κ2) is 5.59. The highest BCUT2D eigenvalue weighted by atomic mass is 32.1. The number of anilines is 1. The van der Waals surface area contributed by atoms with Gasteiger partial charge in [-0.2, -0.15) is 8.75 Å². The molecule has 104 valence electrons. The molecule has 19 heavy (non-hydrogen) atoms. The minimum atomic E-state index is 0.853. The standard InChI is InChI=1S/C14H22N4S/c1-11-5-8-18(9-6-11)14-13(15-19-16-14)12-4-3-7-17(2)10-12/h4,11H,3,5-10H2,1-2H3. The van der Waals surface area contributed by atoms with E-state index in [1.807, 2.05) is 0 Å². The Hall–Kier alpha value is -0.940. The van der Waals surface area contributed by atoms with Gasteiger partial charge in [-0.15, -0.1) is 0 Å². The minimum absolute atomic E-state index is 0.853. The summed E-state index contributed by atoms with van der Waals surface area (Å²) in [7, 11) is 2.18. The summed E-state index contributed by atoms with van der Waals surface area (Å²) in [5.74, 6) is 1.98. The van der Waals surface area contributed by atoms with Gasteiger partial charge in [0, 0.05) is 26.2 Å². The van der Waals surface area contributed by atoms with E-state index in [9.17, 15) is 0 Å². The summed E-state index contributed by atoms with van der Waals surface area (Å²) in [6, 6.07) is 0. The summed E-state index contributed by atoms with van der Waals surface area (Å²) in [6.45, 7) is 6.75. The number of aromatic nitrogens is 2. The van der Waals surface area contributed by atoms with Crippen LogP contribution in [0.2, 0.25) is 0 Å². The van der Waals surface area contributed by atoms with Crippen molar-refractivity contribution < 1.29 is 0 Å². The van der Waals surface area contributed by atoms with Gasteiger partial charge in [0.1, 0.15) is 5.69 Å². The third-order valence-corrected chi connectivity index (χ3v) is 4.72. The molecule has 0 N–H and O–H groups in total. The Morgan fingerprint density at radius 2 is 2.00 bits per heavy atom. The molecule has 0 unspecified atom stereocenters. The van der Waals surface area contributed by atoms with E-state index < -0.39 is 0 Å². The molecule has 2 aliphatic heterocycles. The second-order valence-electron chi connectivity index (χ2n) is 5.86. The average Bonchev–Trinajstić information content (AvgIpc) is 2.89. The van der Waals surface area contributed by atoms with E-state index in [2.05, 4.69) is 38.6 Å². The molecule has 0 saturated carbocycles. The van der Waals surface area contributed by atoms with Gasteiger partial charge in [0.15, 0.2) is 5.82 Å². The lowest BCUT2D eigenvalue weighted by Crippen LogP contribution is -2.34. The number of rotatable bonds is 2. The molecule has 0 amide bonds. The number of hydrogen-bond acceptors (Lipinski definition) is 5. The quantitative estimate of drug-likeness (QED) is 0.832. The predicted octanol–water partition coefficient (Wildman–Crippen LogP) is 2.49. The maximum atomic E-state index is 4.56. The molecule has 3 rings (SSSR count). The van der Waals surface area contributed by atoms with Gasteiger partial charge in [0.25, 0.3) is 0 Å². The van der Waals surface area contributed by atoms with E-state index in [1.54, 1.807) is 0 Å². The number of hydrogen-bond donors (Lipinski definition) is 0. The molecule has 0 bridgehead atoms. The molecule has 1 fully saturated rings. The highest BCUT2D eigenvalue weighted by Crippen LogP contribution is 2.30. The first-order valence-corrected chi connectivity index (χ1v) is 7.92. The lowest BCUT2D eigenvalue weighted by molar-refractivity contribution is 0.372. The van der Waals surface area contributed by atoms with Crippen LogP contribution in [0.25, 0.3) is 5.57 Å². The van der Waals surface area contributed by atoms with E-state index in [0.29, 0.717) is 0 Å². The lowest BCUT2D eigenvalue weighted by Gasteiger charge is -2.31. The van der Waals surface area contributed by atoms with Gasteiger partial charge in [0.2, 0.25) is 0 Å². The first-order valence-electron chi connectivity index (χ1n) is 7.19. The first-order chi connectivity index (χ1) is 9.24. The van der Waals surface area contributed by atoms with E-state index >= 15 is 0 Å². The highest BCUT2D eigenvalue weighted by Gasteiger charge is 2.24. The fraction of sp³-hybridized carbons (Fsp3) is 0.714. The minimum Gasteiger partial charge on any atom is -0.354 e. The zero-order valence-corrected chi connectivity index (χ0v) is 12.6. The molecular weight excluding hydrogens is 256 g/mol. The van der Waals surface area contributed by atoms with E-state index in [1.165, 1.54) is 30.1 Å². The third kappa shape index (κ3) is 2.82. The van der Waals surface area contributed by atoms with Crippen molar-refractivity contribution in [3.63, 3.8) is 0 Å². The van der Waals surface area contributed by atoms with Crippen LogP contribution in [0.3, 0.4) is 0 Å². The summed E-state index contributed by atoms with van der Waals surface area (Å²) in [6.07, 6.45) is 6.01. The number of nitrogens with zero attached hydrogens (tertiary/aromatic N) is 4. The fourth-order valence-corrected chi connectivity index (χ4v) is 3.48. The van der Waals surface area contributed by atoms with Crippen molar-refractivity contribution in [2.24, 2.45) is 5.92 Å². The van der Waals surface area contributed by atoms with Gasteiger partial charge in [-0.3, -0.25) is 0 Å². The highest BCUT2D eigenvalue weighted by molar-refractivity contribution is 6.99. The lowest BCUT2D eigenvalue weighted by atomic mass is 9.98. The van der Waals surface area contributed by atoms with Gasteiger partial charge in [0.05, 0.1) is 11.7 Å². The Labute approximate surface area is 119 Å². The maximum Gasteiger partial charge on any atom is 0.170 e. The van der Waals surface area contributed by atoms with Gasteiger partial charge in [-0.05, 0) is 37.8 Å². The van der Waals surface area contributed by atoms with Crippen molar-refractivity contribution in [3.05, 3.63) is 11.8 Å². The Kier molecular flexibility index (Phi) is 3.84. The molecule has 1 aromatic rings. The van der Waals surface area contributed by atoms with E-state index in [-0.39, 0.29) is 0 Å². The smallest absolute Gasteiger partial charge is 0.170 e. The average molecular weight is 278 g/mol. The third-order valence-electron chi connectivity index (χ3n) is 4.20. The van der Waals surface area contributed by atoms with Crippen LogP contribution in [0.5, 0.6) is 0 Å². The summed E-state index contributed by atoms with van der Waals surface area (Å²) >= 11 is 1.35. The molecule has 1 aromatic heterocycles. The molecule has 3 heterocycles. The van der Waals surface area contributed by atoms with Crippen LogP contribution < -0.4 is 4.90 Å². The van der Waals surface area contributed by atoms with Crippen LogP contribution in [-0.2, 0) is 0 Å². The largest absolute Gasteiger partial charge is 0.354 e. The van der Waals surface area contributed by atoms with Crippen molar-refractivity contribution in [2.75, 3.05) is 38.1 Å². The van der Waals surface area contributed by atoms with Crippen molar-refractivity contribution in [2.45, 2.75) is 26.2 Å². The Bertz CT molecular complexity index is 460. The van der Waals surface area contributed by atoms with Gasteiger partial charge >= 0.3 is 0 Å². The summed E-state index contributed by atoms with van der Waals surface area (Å²) < 4.78 is 9.12. The Balaban J connectivity index is 1.80. The maximum absolute atomic E-state index is 4.56. The van der Waals surface area contributed by atoms with Gasteiger partial charge < -0.3 is 9.80 Å². The topological polar surface area (TPSA) is 32.3 Å². The number of likely N-dealkylation sites (N-methyl/N-ethyl adjacent to an activating group) is 1. The van der Waals surface area contributed by atoms with Crippen LogP contribution >= 0.6 is 11.7 Å². The molecule has 0 radical (unpaired) electrons.